The average molecular weight is 268 g/mol. The predicted octanol–water partition coefficient (Wildman–Crippen LogP) is 1.89. The monoisotopic (exact) mass is 267 g/mol. The molecule has 0 bridgehead atoms. The zero-order chi connectivity index (χ0) is 12.9. The molecule has 94 valence electrons. The normalized spacial score (nSPS) is 25.4. The van der Waals surface area contributed by atoms with Crippen molar-refractivity contribution in [1.82, 2.24) is 5.32 Å². The molecule has 6 heteroatoms. The van der Waals surface area contributed by atoms with Crippen molar-refractivity contribution in [2.45, 2.75) is 18.9 Å². The van der Waals surface area contributed by atoms with E-state index in [1.165, 1.54) is 0 Å². The minimum absolute atomic E-state index is 0.289. The van der Waals surface area contributed by atoms with Crippen LogP contribution in [0, 0.1) is 6.92 Å². The van der Waals surface area contributed by atoms with E-state index in [0.717, 1.165) is 5.56 Å². The molecule has 0 aromatic heterocycles. The first-order valence-electron chi connectivity index (χ1n) is 5.51. The van der Waals surface area contributed by atoms with Gasteiger partial charge < -0.3 is 9.47 Å². The number of fused-ring (bicyclic) bond motifs is 2. The topological polar surface area (TPSA) is 64.6 Å². The summed E-state index contributed by atoms with van der Waals surface area (Å²) < 4.78 is 10.7. The van der Waals surface area contributed by atoms with E-state index in [-0.39, 0.29) is 6.42 Å². The Kier molecular flexibility index (Phi) is 2.28. The number of imide groups is 1. The molecule has 1 unspecified atom stereocenters. The summed E-state index contributed by atoms with van der Waals surface area (Å²) in [6, 6.07) is 3.36. The molecule has 1 saturated heterocycles. The number of halogens is 1. The van der Waals surface area contributed by atoms with Crippen molar-refractivity contribution in [2.75, 3.05) is 6.61 Å². The highest BCUT2D eigenvalue weighted by molar-refractivity contribution is 6.30. The number of rotatable bonds is 0. The van der Waals surface area contributed by atoms with E-state index < -0.39 is 17.6 Å². The molecule has 3 rings (SSSR count). The largest absolute Gasteiger partial charge is 0.493 e. The summed E-state index contributed by atoms with van der Waals surface area (Å²) >= 11 is 6.00. The number of aryl methyl sites for hydroxylation is 1. The molecule has 2 aliphatic heterocycles. The Morgan fingerprint density at radius 2 is 2.17 bits per heavy atom. The molecular weight excluding hydrogens is 258 g/mol. The number of hydrogen-bond donors (Lipinski definition) is 1. The highest BCUT2D eigenvalue weighted by Gasteiger charge is 2.53. The third-order valence-corrected chi connectivity index (χ3v) is 3.44. The van der Waals surface area contributed by atoms with Gasteiger partial charge in [0.15, 0.2) is 0 Å². The van der Waals surface area contributed by atoms with Crippen LogP contribution in [0.15, 0.2) is 12.1 Å². The SMILES string of the molecule is Cc1cc(Cl)cc2c1OCCC21OC(=O)NC1=O. The summed E-state index contributed by atoms with van der Waals surface area (Å²) in [4.78, 5) is 23.3. The molecular formula is C12H10ClNO4. The molecule has 0 aliphatic carbocycles. The molecule has 1 aromatic carbocycles. The Morgan fingerprint density at radius 3 is 2.83 bits per heavy atom. The summed E-state index contributed by atoms with van der Waals surface area (Å²) in [7, 11) is 0. The number of carbonyl (C=O) groups is 2. The molecule has 5 nitrogen and oxygen atoms in total. The van der Waals surface area contributed by atoms with Crippen LogP contribution in [0.5, 0.6) is 5.75 Å². The van der Waals surface area contributed by atoms with Gasteiger partial charge in [0, 0.05) is 17.0 Å². The van der Waals surface area contributed by atoms with Crippen LogP contribution in [-0.4, -0.2) is 18.6 Å². The fraction of sp³-hybridized carbons (Fsp3) is 0.333. The second-order valence-corrected chi connectivity index (χ2v) is 4.80. The van der Waals surface area contributed by atoms with Crippen LogP contribution in [0.25, 0.3) is 0 Å². The van der Waals surface area contributed by atoms with Crippen molar-refractivity contribution in [2.24, 2.45) is 0 Å². The van der Waals surface area contributed by atoms with E-state index in [0.29, 0.717) is 22.9 Å². The fourth-order valence-electron chi connectivity index (χ4n) is 2.42. The van der Waals surface area contributed by atoms with Crippen LogP contribution in [0.4, 0.5) is 4.79 Å². The number of amides is 2. The van der Waals surface area contributed by atoms with Crippen LogP contribution in [-0.2, 0) is 15.1 Å². The van der Waals surface area contributed by atoms with Gasteiger partial charge in [-0.3, -0.25) is 10.1 Å². The minimum atomic E-state index is -1.29. The Bertz CT molecular complexity index is 571. The summed E-state index contributed by atoms with van der Waals surface area (Å²) in [5, 5.41) is 2.64. The summed E-state index contributed by atoms with van der Waals surface area (Å²) in [6.45, 7) is 2.15. The van der Waals surface area contributed by atoms with Crippen LogP contribution < -0.4 is 10.1 Å². The lowest BCUT2D eigenvalue weighted by molar-refractivity contribution is -0.134. The number of alkyl carbamates (subject to hydrolysis) is 1. The van der Waals surface area contributed by atoms with Gasteiger partial charge in [0.1, 0.15) is 5.75 Å². The standard InChI is InChI=1S/C12H10ClNO4/c1-6-4-7(13)5-8-9(6)17-3-2-12(8)10(15)14-11(16)18-12/h4-5H,2-3H2,1H3,(H,14,15,16). The van der Waals surface area contributed by atoms with Gasteiger partial charge in [0.25, 0.3) is 5.91 Å². The second-order valence-electron chi connectivity index (χ2n) is 4.37. The van der Waals surface area contributed by atoms with Crippen molar-refractivity contribution < 1.29 is 19.1 Å². The van der Waals surface area contributed by atoms with E-state index in [9.17, 15) is 9.59 Å². The Morgan fingerprint density at radius 1 is 1.39 bits per heavy atom. The number of nitrogens with one attached hydrogen (secondary N) is 1. The van der Waals surface area contributed by atoms with Crippen molar-refractivity contribution >= 4 is 23.6 Å². The number of benzene rings is 1. The van der Waals surface area contributed by atoms with Crippen LogP contribution in [0.1, 0.15) is 17.5 Å². The van der Waals surface area contributed by atoms with E-state index in [2.05, 4.69) is 5.32 Å². The predicted molar refractivity (Wildman–Crippen MR) is 62.6 cm³/mol. The van der Waals surface area contributed by atoms with Crippen molar-refractivity contribution in [3.8, 4) is 5.75 Å². The lowest BCUT2D eigenvalue weighted by Gasteiger charge is -2.32. The number of hydrogen-bond acceptors (Lipinski definition) is 4. The highest BCUT2D eigenvalue weighted by Crippen LogP contribution is 2.44. The van der Waals surface area contributed by atoms with E-state index >= 15 is 0 Å². The van der Waals surface area contributed by atoms with Gasteiger partial charge in [-0.2, -0.15) is 0 Å². The first-order chi connectivity index (χ1) is 8.53. The van der Waals surface area contributed by atoms with Gasteiger partial charge in [-0.1, -0.05) is 11.6 Å². The Balaban J connectivity index is 2.23. The first-order valence-corrected chi connectivity index (χ1v) is 5.88. The molecule has 0 saturated carbocycles. The Hall–Kier alpha value is -1.75. The van der Waals surface area contributed by atoms with Crippen LogP contribution >= 0.6 is 11.6 Å². The number of ether oxygens (including phenoxy) is 2. The molecule has 1 fully saturated rings. The molecule has 2 amide bonds. The van der Waals surface area contributed by atoms with Gasteiger partial charge in [-0.15, -0.1) is 0 Å². The molecule has 2 aliphatic rings. The van der Waals surface area contributed by atoms with Crippen molar-refractivity contribution in [3.63, 3.8) is 0 Å². The second kappa shape index (κ2) is 3.62. The third-order valence-electron chi connectivity index (χ3n) is 3.22. The van der Waals surface area contributed by atoms with Gasteiger partial charge in [0.05, 0.1) is 6.61 Å². The third kappa shape index (κ3) is 1.40. The summed E-state index contributed by atoms with van der Waals surface area (Å²) in [5.74, 6) is 0.106. The Labute approximate surface area is 108 Å². The van der Waals surface area contributed by atoms with E-state index in [1.807, 2.05) is 6.92 Å². The van der Waals surface area contributed by atoms with Crippen molar-refractivity contribution in [3.05, 3.63) is 28.3 Å². The van der Waals surface area contributed by atoms with Gasteiger partial charge in [-0.05, 0) is 24.6 Å². The number of carbonyl (C=O) groups excluding carboxylic acids is 2. The molecule has 18 heavy (non-hydrogen) atoms. The quantitative estimate of drug-likeness (QED) is 0.780. The minimum Gasteiger partial charge on any atom is -0.493 e. The molecule has 0 radical (unpaired) electrons. The molecule has 1 N–H and O–H groups in total. The van der Waals surface area contributed by atoms with Crippen LogP contribution in [0.3, 0.4) is 0 Å². The lowest BCUT2D eigenvalue weighted by Crippen LogP contribution is -2.41. The average Bonchev–Trinajstić information content (AvgIpc) is 2.56. The zero-order valence-corrected chi connectivity index (χ0v) is 10.3. The lowest BCUT2D eigenvalue weighted by atomic mass is 9.86. The van der Waals surface area contributed by atoms with Crippen molar-refractivity contribution in [1.29, 1.82) is 0 Å². The highest BCUT2D eigenvalue weighted by atomic mass is 35.5. The maximum Gasteiger partial charge on any atom is 0.415 e. The fourth-order valence-corrected chi connectivity index (χ4v) is 2.69. The zero-order valence-electron chi connectivity index (χ0n) is 9.58. The summed E-state index contributed by atoms with van der Waals surface area (Å²) in [6.07, 6.45) is -0.442. The molecule has 1 atom stereocenters. The van der Waals surface area contributed by atoms with Gasteiger partial charge >= 0.3 is 6.09 Å². The summed E-state index contributed by atoms with van der Waals surface area (Å²) in [5.41, 5.74) is 0.0368. The van der Waals surface area contributed by atoms with Gasteiger partial charge in [0.2, 0.25) is 5.60 Å². The van der Waals surface area contributed by atoms with E-state index in [1.54, 1.807) is 12.1 Å². The van der Waals surface area contributed by atoms with Crippen LogP contribution in [0.2, 0.25) is 5.02 Å². The molecule has 1 spiro atoms. The van der Waals surface area contributed by atoms with E-state index in [4.69, 9.17) is 21.1 Å². The smallest absolute Gasteiger partial charge is 0.415 e. The maximum absolute atomic E-state index is 12.0. The first kappa shape index (κ1) is 11.3. The molecule has 2 heterocycles. The van der Waals surface area contributed by atoms with Gasteiger partial charge in [-0.25, -0.2) is 4.79 Å². The molecule has 1 aromatic rings. The maximum atomic E-state index is 12.0.